The van der Waals surface area contributed by atoms with E-state index in [2.05, 4.69) is 5.32 Å². The van der Waals surface area contributed by atoms with Gasteiger partial charge in [0.05, 0.1) is 24.7 Å². The van der Waals surface area contributed by atoms with Gasteiger partial charge in [-0.2, -0.15) is 0 Å². The number of unbranched alkanes of at least 4 members (excludes halogenated alkanes) is 1. The molecule has 1 aliphatic carbocycles. The number of carbonyl (C=O) groups excluding carboxylic acids is 1. The number of ether oxygens (including phenoxy) is 2. The zero-order valence-corrected chi connectivity index (χ0v) is 18.3. The van der Waals surface area contributed by atoms with Crippen molar-refractivity contribution < 1.29 is 19.2 Å². The molecule has 1 atom stereocenters. The van der Waals surface area contributed by atoms with E-state index in [1.54, 1.807) is 6.07 Å². The van der Waals surface area contributed by atoms with E-state index in [4.69, 9.17) is 21.7 Å². The highest BCUT2D eigenvalue weighted by atomic mass is 32.1. The highest BCUT2D eigenvalue weighted by molar-refractivity contribution is 7.80. The molecule has 0 spiro atoms. The second-order valence-electron chi connectivity index (χ2n) is 7.29. The van der Waals surface area contributed by atoms with Gasteiger partial charge in [0.2, 0.25) is 5.75 Å². The Morgan fingerprint density at radius 3 is 2.73 bits per heavy atom. The van der Waals surface area contributed by atoms with Crippen LogP contribution in [0.2, 0.25) is 0 Å². The van der Waals surface area contributed by atoms with Crippen molar-refractivity contribution in [3.63, 3.8) is 0 Å². The predicted octanol–water partition coefficient (Wildman–Crippen LogP) is 4.04. The Labute approximate surface area is 181 Å². The molecule has 0 aromatic heterocycles. The molecular formula is C21H27N3O5S. The van der Waals surface area contributed by atoms with Crippen molar-refractivity contribution >= 4 is 28.8 Å². The molecule has 1 heterocycles. The third kappa shape index (κ3) is 4.12. The van der Waals surface area contributed by atoms with E-state index in [1.165, 1.54) is 13.2 Å². The van der Waals surface area contributed by atoms with Crippen molar-refractivity contribution in [1.82, 2.24) is 10.2 Å². The summed E-state index contributed by atoms with van der Waals surface area (Å²) in [4.78, 5) is 26.1. The second-order valence-corrected chi connectivity index (χ2v) is 7.68. The van der Waals surface area contributed by atoms with Gasteiger partial charge in [-0.25, -0.2) is 0 Å². The van der Waals surface area contributed by atoms with Crippen LogP contribution in [0.25, 0.3) is 0 Å². The monoisotopic (exact) mass is 433 g/mol. The van der Waals surface area contributed by atoms with Crippen molar-refractivity contribution in [3.05, 3.63) is 39.1 Å². The van der Waals surface area contributed by atoms with Gasteiger partial charge < -0.3 is 19.7 Å². The Hall–Kier alpha value is -2.68. The van der Waals surface area contributed by atoms with Gasteiger partial charge in [-0.3, -0.25) is 14.9 Å². The minimum atomic E-state index is -0.555. The highest BCUT2D eigenvalue weighted by Gasteiger charge is 2.38. The molecule has 30 heavy (non-hydrogen) atoms. The lowest BCUT2D eigenvalue weighted by Gasteiger charge is -2.40. The summed E-state index contributed by atoms with van der Waals surface area (Å²) in [6, 6.07) is 2.60. The third-order valence-electron chi connectivity index (χ3n) is 5.42. The van der Waals surface area contributed by atoms with E-state index in [-0.39, 0.29) is 23.0 Å². The van der Waals surface area contributed by atoms with Gasteiger partial charge in [0.25, 0.3) is 0 Å². The normalized spacial score (nSPS) is 18.8. The molecule has 1 aliphatic heterocycles. The van der Waals surface area contributed by atoms with Gasteiger partial charge in [-0.05, 0) is 50.0 Å². The van der Waals surface area contributed by atoms with Gasteiger partial charge in [0, 0.05) is 30.3 Å². The number of hydrogen-bond acceptors (Lipinski definition) is 6. The lowest BCUT2D eigenvalue weighted by molar-refractivity contribution is -0.386. The predicted molar refractivity (Wildman–Crippen MR) is 117 cm³/mol. The summed E-state index contributed by atoms with van der Waals surface area (Å²) in [6.45, 7) is 5.01. The minimum Gasteiger partial charge on any atom is -0.493 e. The maximum absolute atomic E-state index is 12.8. The number of nitro benzene ring substituents is 1. The van der Waals surface area contributed by atoms with Crippen molar-refractivity contribution in [3.8, 4) is 11.5 Å². The number of nitrogens with zero attached hydrogens (tertiary/aromatic N) is 2. The molecule has 0 saturated carbocycles. The number of nitrogens with one attached hydrogen (secondary N) is 1. The molecule has 0 radical (unpaired) electrons. The van der Waals surface area contributed by atoms with Crippen LogP contribution < -0.4 is 14.8 Å². The molecule has 0 bridgehead atoms. The average molecular weight is 434 g/mol. The number of Topliss-reactive ketones (excluding diaryl/α,β-unsaturated/α-hetero) is 1. The molecule has 3 rings (SSSR count). The fourth-order valence-electron chi connectivity index (χ4n) is 3.96. The maximum atomic E-state index is 12.8. The summed E-state index contributed by atoms with van der Waals surface area (Å²) >= 11 is 5.53. The number of nitro groups is 1. The first kappa shape index (κ1) is 22.0. The smallest absolute Gasteiger partial charge is 0.315 e. The van der Waals surface area contributed by atoms with Gasteiger partial charge in [-0.15, -0.1) is 0 Å². The number of benzene rings is 1. The first-order valence-electron chi connectivity index (χ1n) is 10.3. The lowest BCUT2D eigenvalue weighted by atomic mass is 9.84. The van der Waals surface area contributed by atoms with Crippen molar-refractivity contribution in [2.24, 2.45) is 0 Å². The highest BCUT2D eigenvalue weighted by Crippen LogP contribution is 2.43. The summed E-state index contributed by atoms with van der Waals surface area (Å²) in [6.07, 6.45) is 3.67. The summed E-state index contributed by atoms with van der Waals surface area (Å²) < 4.78 is 11.1. The first-order chi connectivity index (χ1) is 14.4. The van der Waals surface area contributed by atoms with Crippen LogP contribution in [0.4, 0.5) is 5.69 Å². The van der Waals surface area contributed by atoms with Gasteiger partial charge in [0.15, 0.2) is 16.6 Å². The lowest BCUT2D eigenvalue weighted by Crippen LogP contribution is -2.49. The number of allylic oxidation sites excluding steroid dienone is 1. The zero-order chi connectivity index (χ0) is 21.8. The van der Waals surface area contributed by atoms with Crippen LogP contribution in [0, 0.1) is 10.1 Å². The zero-order valence-electron chi connectivity index (χ0n) is 17.5. The summed E-state index contributed by atoms with van der Waals surface area (Å²) in [5.74, 6) is 0.420. The number of hydrogen-bond donors (Lipinski definition) is 1. The molecule has 0 amide bonds. The quantitative estimate of drug-likeness (QED) is 0.284. The third-order valence-corrected chi connectivity index (χ3v) is 5.76. The number of carbonyl (C=O) groups is 1. The maximum Gasteiger partial charge on any atom is 0.315 e. The van der Waals surface area contributed by atoms with Crippen LogP contribution in [0.15, 0.2) is 23.4 Å². The van der Waals surface area contributed by atoms with Crippen LogP contribution in [-0.2, 0) is 4.79 Å². The van der Waals surface area contributed by atoms with E-state index in [0.717, 1.165) is 31.4 Å². The fourth-order valence-corrected chi connectivity index (χ4v) is 4.32. The van der Waals surface area contributed by atoms with Crippen molar-refractivity contribution in [2.75, 3.05) is 20.3 Å². The molecule has 162 valence electrons. The Balaban J connectivity index is 2.12. The van der Waals surface area contributed by atoms with Gasteiger partial charge >= 0.3 is 5.69 Å². The van der Waals surface area contributed by atoms with E-state index in [0.29, 0.717) is 35.8 Å². The standard InChI is InChI=1S/C21H27N3O5S/c1-4-6-10-29-20-15(24(26)27)11-13(12-17(20)28-3)19-18-14(8-7-9-16(18)25)23(5-2)21(30)22-19/h11-12,19H,4-10H2,1-3H3,(H,22,30). The summed E-state index contributed by atoms with van der Waals surface area (Å²) in [7, 11) is 1.45. The summed E-state index contributed by atoms with van der Waals surface area (Å²) in [5, 5.41) is 15.5. The summed E-state index contributed by atoms with van der Waals surface area (Å²) in [5.41, 5.74) is 1.92. The topological polar surface area (TPSA) is 93.9 Å². The molecule has 1 aromatic rings. The van der Waals surface area contributed by atoms with Crippen LogP contribution in [0.3, 0.4) is 0 Å². The van der Waals surface area contributed by atoms with Crippen LogP contribution in [0.1, 0.15) is 57.6 Å². The molecular weight excluding hydrogens is 406 g/mol. The van der Waals surface area contributed by atoms with Crippen LogP contribution in [0.5, 0.6) is 11.5 Å². The molecule has 1 N–H and O–H groups in total. The molecule has 0 fully saturated rings. The van der Waals surface area contributed by atoms with E-state index < -0.39 is 11.0 Å². The molecule has 1 aromatic carbocycles. The number of ketones is 1. The van der Waals surface area contributed by atoms with Crippen molar-refractivity contribution in [1.29, 1.82) is 0 Å². The van der Waals surface area contributed by atoms with Crippen LogP contribution >= 0.6 is 12.2 Å². The molecule has 9 heteroatoms. The van der Waals surface area contributed by atoms with Crippen molar-refractivity contribution in [2.45, 2.75) is 52.0 Å². The minimum absolute atomic E-state index is 0.0413. The number of methoxy groups -OCH3 is 1. The van der Waals surface area contributed by atoms with Gasteiger partial charge in [-0.1, -0.05) is 13.3 Å². The molecule has 0 saturated heterocycles. The Morgan fingerprint density at radius 1 is 1.33 bits per heavy atom. The number of thiocarbonyl (C=S) groups is 1. The Morgan fingerprint density at radius 2 is 2.10 bits per heavy atom. The second kappa shape index (κ2) is 9.42. The molecule has 1 unspecified atom stereocenters. The van der Waals surface area contributed by atoms with E-state index >= 15 is 0 Å². The fraction of sp³-hybridized carbons (Fsp3) is 0.524. The molecule has 8 nitrogen and oxygen atoms in total. The SMILES string of the molecule is CCCCOc1c(OC)cc(C2NC(=S)N(CC)C3=C2C(=O)CCC3)cc1[N+](=O)[O-]. The van der Waals surface area contributed by atoms with E-state index in [1.807, 2.05) is 18.7 Å². The Bertz CT molecular complexity index is 899. The largest absolute Gasteiger partial charge is 0.493 e. The first-order valence-corrected chi connectivity index (χ1v) is 10.7. The average Bonchev–Trinajstić information content (AvgIpc) is 2.73. The van der Waals surface area contributed by atoms with Gasteiger partial charge in [0.1, 0.15) is 0 Å². The number of rotatable bonds is 8. The molecule has 2 aliphatic rings. The van der Waals surface area contributed by atoms with Crippen LogP contribution in [-0.4, -0.2) is 41.0 Å². The van der Waals surface area contributed by atoms with E-state index in [9.17, 15) is 14.9 Å². The Kier molecular flexibility index (Phi) is 6.91.